The minimum absolute atomic E-state index is 0.0126. The molecule has 1 rings (SSSR count). The van der Waals surface area contributed by atoms with Crippen LogP contribution in [0.15, 0.2) is 122 Å². The summed E-state index contributed by atoms with van der Waals surface area (Å²) in [7, 11) is 0. The molecule has 12 nitrogen and oxygen atoms in total. The molecule has 12 heteroatoms. The van der Waals surface area contributed by atoms with Gasteiger partial charge in [-0.25, -0.2) is 4.79 Å². The Morgan fingerprint density at radius 2 is 0.797 bits per heavy atom. The first-order chi connectivity index (χ1) is 38.6. The molecule has 0 spiro atoms. The largest absolute Gasteiger partial charge is 0.479 e. The Labute approximate surface area is 478 Å². The van der Waals surface area contributed by atoms with Gasteiger partial charge in [-0.1, -0.05) is 219 Å². The van der Waals surface area contributed by atoms with Gasteiger partial charge in [-0.15, -0.1) is 0 Å². The topological polar surface area (TPSA) is 175 Å². The fourth-order valence-corrected chi connectivity index (χ4v) is 8.42. The van der Waals surface area contributed by atoms with Crippen molar-refractivity contribution in [3.63, 3.8) is 0 Å². The first kappa shape index (κ1) is 72.1. The van der Waals surface area contributed by atoms with Crippen LogP contribution in [0.1, 0.15) is 226 Å². The monoisotopic (exact) mass is 1100 g/mol. The quantitative estimate of drug-likeness (QED) is 0.0228. The van der Waals surface area contributed by atoms with Gasteiger partial charge in [0.1, 0.15) is 18.8 Å². The third-order valence-corrected chi connectivity index (χ3v) is 13.0. The SMILES string of the molecule is CC/C=C\C/C=C\C/C=C\C/C=C\C/C=C\CCCCCC(=O)OCC(COC1OC(C(=O)O)C(O)C(O)C1OC(=O)CCCCC/C=C\C/C=C\C/C=C\C/C=C\C/C=C\CC)OC(=O)CCCCCCCCCCCCC. The molecule has 0 radical (unpaired) electrons. The highest BCUT2D eigenvalue weighted by Crippen LogP contribution is 2.26. The molecule has 0 aromatic heterocycles. The lowest BCUT2D eigenvalue weighted by Crippen LogP contribution is -2.61. The first-order valence-corrected chi connectivity index (χ1v) is 30.5. The van der Waals surface area contributed by atoms with Gasteiger partial charge < -0.3 is 39.0 Å². The van der Waals surface area contributed by atoms with Crippen molar-refractivity contribution in [3.8, 4) is 0 Å². The maximum Gasteiger partial charge on any atom is 0.335 e. The molecule has 446 valence electrons. The summed E-state index contributed by atoms with van der Waals surface area (Å²) >= 11 is 0. The highest BCUT2D eigenvalue weighted by Gasteiger charge is 2.50. The lowest BCUT2D eigenvalue weighted by Gasteiger charge is -2.40. The first-order valence-electron chi connectivity index (χ1n) is 30.5. The molecule has 1 fully saturated rings. The number of carboxylic acids is 1. The van der Waals surface area contributed by atoms with Crippen LogP contribution in [-0.2, 0) is 42.9 Å². The van der Waals surface area contributed by atoms with Crippen LogP contribution in [-0.4, -0.2) is 89.2 Å². The average molecular weight is 1100 g/mol. The average Bonchev–Trinajstić information content (AvgIpc) is 3.48. The van der Waals surface area contributed by atoms with Crippen LogP contribution >= 0.6 is 0 Å². The third-order valence-electron chi connectivity index (χ3n) is 13.0. The van der Waals surface area contributed by atoms with Gasteiger partial charge in [0.05, 0.1) is 6.61 Å². The fourth-order valence-electron chi connectivity index (χ4n) is 8.42. The number of hydrogen-bond donors (Lipinski definition) is 3. The van der Waals surface area contributed by atoms with Gasteiger partial charge in [0.25, 0.3) is 0 Å². The van der Waals surface area contributed by atoms with E-state index in [0.29, 0.717) is 19.3 Å². The van der Waals surface area contributed by atoms with E-state index >= 15 is 0 Å². The number of hydrogen-bond acceptors (Lipinski definition) is 11. The smallest absolute Gasteiger partial charge is 0.335 e. The molecule has 79 heavy (non-hydrogen) atoms. The van der Waals surface area contributed by atoms with E-state index in [-0.39, 0.29) is 25.9 Å². The molecule has 3 N–H and O–H groups in total. The molecule has 0 aliphatic carbocycles. The van der Waals surface area contributed by atoms with Crippen LogP contribution in [0.4, 0.5) is 0 Å². The van der Waals surface area contributed by atoms with Crippen LogP contribution in [0.3, 0.4) is 0 Å². The predicted molar refractivity (Wildman–Crippen MR) is 321 cm³/mol. The Kier molecular flexibility index (Phi) is 49.1. The molecule has 1 saturated heterocycles. The zero-order valence-corrected chi connectivity index (χ0v) is 49.1. The summed E-state index contributed by atoms with van der Waals surface area (Å²) in [5.74, 6) is -3.22. The molecule has 6 atom stereocenters. The predicted octanol–water partition coefficient (Wildman–Crippen LogP) is 16.0. The van der Waals surface area contributed by atoms with E-state index in [1.54, 1.807) is 0 Å². The van der Waals surface area contributed by atoms with Crippen molar-refractivity contribution >= 4 is 23.9 Å². The van der Waals surface area contributed by atoms with Crippen molar-refractivity contribution in [1.82, 2.24) is 0 Å². The highest BCUT2D eigenvalue weighted by molar-refractivity contribution is 5.74. The summed E-state index contributed by atoms with van der Waals surface area (Å²) < 4.78 is 28.4. The summed E-state index contributed by atoms with van der Waals surface area (Å²) in [4.78, 5) is 51.2. The zero-order valence-electron chi connectivity index (χ0n) is 49.1. The normalized spacial score (nSPS) is 18.7. The van der Waals surface area contributed by atoms with Crippen LogP contribution in [0.5, 0.6) is 0 Å². The second kappa shape index (κ2) is 53.7. The van der Waals surface area contributed by atoms with Gasteiger partial charge in [-0.2, -0.15) is 0 Å². The van der Waals surface area contributed by atoms with Crippen molar-refractivity contribution in [2.24, 2.45) is 0 Å². The van der Waals surface area contributed by atoms with Crippen LogP contribution in [0, 0.1) is 0 Å². The van der Waals surface area contributed by atoms with Crippen LogP contribution < -0.4 is 0 Å². The van der Waals surface area contributed by atoms with Gasteiger partial charge in [-0.3, -0.25) is 14.4 Å². The fraction of sp³-hybridized carbons (Fsp3) is 0.642. The van der Waals surface area contributed by atoms with Crippen molar-refractivity contribution in [2.45, 2.75) is 263 Å². The number of unbranched alkanes of at least 4 members (excludes halogenated alkanes) is 16. The molecule has 1 aliphatic rings. The number of ether oxygens (including phenoxy) is 5. The minimum Gasteiger partial charge on any atom is -0.479 e. The highest BCUT2D eigenvalue weighted by atomic mass is 16.7. The molecule has 0 bridgehead atoms. The van der Waals surface area contributed by atoms with E-state index in [1.165, 1.54) is 44.9 Å². The summed E-state index contributed by atoms with van der Waals surface area (Å²) in [6.07, 6.45) is 61.6. The number of carbonyl (C=O) groups is 4. The molecule has 1 aliphatic heterocycles. The minimum atomic E-state index is -1.92. The van der Waals surface area contributed by atoms with Gasteiger partial charge in [0.2, 0.25) is 0 Å². The van der Waals surface area contributed by atoms with Crippen LogP contribution in [0.25, 0.3) is 0 Å². The van der Waals surface area contributed by atoms with Gasteiger partial charge >= 0.3 is 23.9 Å². The van der Waals surface area contributed by atoms with Crippen molar-refractivity contribution in [3.05, 3.63) is 122 Å². The number of aliphatic hydroxyl groups excluding tert-OH is 2. The number of carbonyl (C=O) groups excluding carboxylic acids is 3. The Bertz CT molecular complexity index is 1840. The van der Waals surface area contributed by atoms with E-state index in [4.69, 9.17) is 23.7 Å². The van der Waals surface area contributed by atoms with Crippen molar-refractivity contribution in [2.75, 3.05) is 13.2 Å². The van der Waals surface area contributed by atoms with E-state index in [1.807, 2.05) is 0 Å². The lowest BCUT2D eigenvalue weighted by molar-refractivity contribution is -0.301. The Hall–Kier alpha value is -4.88. The summed E-state index contributed by atoms with van der Waals surface area (Å²) in [6, 6.07) is 0. The van der Waals surface area contributed by atoms with Gasteiger partial charge in [-0.05, 0) is 109 Å². The maximum atomic E-state index is 13.1. The Balaban J connectivity index is 2.70. The third kappa shape index (κ3) is 43.6. The second-order valence-corrected chi connectivity index (χ2v) is 20.2. The molecular weight excluding hydrogens is 997 g/mol. The summed E-state index contributed by atoms with van der Waals surface area (Å²) in [5, 5.41) is 31.5. The van der Waals surface area contributed by atoms with Gasteiger partial charge in [0.15, 0.2) is 24.6 Å². The summed E-state index contributed by atoms with van der Waals surface area (Å²) in [5.41, 5.74) is 0. The number of allylic oxidation sites excluding steroid dienone is 20. The maximum absolute atomic E-state index is 13.1. The summed E-state index contributed by atoms with van der Waals surface area (Å²) in [6.45, 7) is 5.71. The Morgan fingerprint density at radius 1 is 0.430 bits per heavy atom. The zero-order chi connectivity index (χ0) is 57.5. The Morgan fingerprint density at radius 3 is 1.22 bits per heavy atom. The molecular formula is C67H106O12. The van der Waals surface area contributed by atoms with E-state index < -0.39 is 67.3 Å². The number of aliphatic carboxylic acids is 1. The van der Waals surface area contributed by atoms with Crippen molar-refractivity contribution in [1.29, 1.82) is 0 Å². The molecule has 6 unspecified atom stereocenters. The standard InChI is InChI=1S/C67H106O12/c1-4-7-10-13-16-19-22-24-26-28-30-32-34-36-39-41-44-47-50-53-59(68)75-56-58(77-60(69)54-51-48-45-42-38-21-18-15-12-9-6-3)57-76-67-65(63(72)62(71)64(79-67)66(73)74)78-61(70)55-52-49-46-43-40-37-35-33-31-29-27-25-23-20-17-14-11-8-5-2/h7-8,10-11,16-17,19-20,24-27,30-33,36-37,39-40,58,62-65,67,71-72H,4-6,9,12-15,18,21-23,28-29,34-35,38,41-57H2,1-3H3,(H,73,74)/b10-7-,11-8-,19-16-,20-17-,26-24-,27-25-,32-30-,33-31-,39-36-,40-37-. The molecule has 0 aromatic carbocycles. The molecule has 1 heterocycles. The molecule has 0 aromatic rings. The molecule has 0 amide bonds. The number of carboxylic acid groups (broad SMARTS) is 1. The number of rotatable bonds is 50. The van der Waals surface area contributed by atoms with E-state index in [0.717, 1.165) is 122 Å². The molecule has 0 saturated carbocycles. The van der Waals surface area contributed by atoms with E-state index in [9.17, 15) is 34.5 Å². The second-order valence-electron chi connectivity index (χ2n) is 20.2. The van der Waals surface area contributed by atoms with Crippen molar-refractivity contribution < 1.29 is 58.2 Å². The number of aliphatic hydroxyl groups is 2. The van der Waals surface area contributed by atoms with E-state index in [2.05, 4.69) is 142 Å². The van der Waals surface area contributed by atoms with Crippen LogP contribution in [0.2, 0.25) is 0 Å². The van der Waals surface area contributed by atoms with Gasteiger partial charge in [0, 0.05) is 19.3 Å². The lowest BCUT2D eigenvalue weighted by atomic mass is 9.98. The number of esters is 3.